The van der Waals surface area contributed by atoms with Crippen LogP contribution in [0.2, 0.25) is 0 Å². The van der Waals surface area contributed by atoms with E-state index < -0.39 is 15.4 Å². The Labute approximate surface area is 198 Å². The van der Waals surface area contributed by atoms with Crippen molar-refractivity contribution in [1.82, 2.24) is 0 Å². The fourth-order valence-corrected chi connectivity index (χ4v) is 5.78. The molecule has 2 aromatic rings. The zero-order valence-corrected chi connectivity index (χ0v) is 21.8. The molecule has 0 saturated heterocycles. The minimum absolute atomic E-state index is 0.0108. The molecule has 0 bridgehead atoms. The molecule has 7 heteroatoms. The predicted molar refractivity (Wildman–Crippen MR) is 134 cm³/mol. The van der Waals surface area contributed by atoms with Crippen molar-refractivity contribution in [3.63, 3.8) is 0 Å². The first-order chi connectivity index (χ1) is 15.2. The predicted octanol–water partition coefficient (Wildman–Crippen LogP) is 5.52. The fourth-order valence-electron chi connectivity index (χ4n) is 4.11. The van der Waals surface area contributed by atoms with Crippen LogP contribution < -0.4 is 14.4 Å². The molecule has 6 nitrogen and oxygen atoms in total. The maximum Gasteiger partial charge on any atom is 0.262 e. The van der Waals surface area contributed by atoms with E-state index in [0.29, 0.717) is 34.5 Å². The molecule has 0 atom stereocenters. The van der Waals surface area contributed by atoms with E-state index in [4.69, 9.17) is 4.74 Å². The lowest BCUT2D eigenvalue weighted by Crippen LogP contribution is -2.42. The van der Waals surface area contributed by atoms with Gasteiger partial charge in [-0.05, 0) is 88.3 Å². The highest BCUT2D eigenvalue weighted by molar-refractivity contribution is 7.92. The van der Waals surface area contributed by atoms with Gasteiger partial charge in [0.25, 0.3) is 10.0 Å². The van der Waals surface area contributed by atoms with Crippen LogP contribution in [0, 0.1) is 39.0 Å². The molecule has 3 rings (SSSR count). The first kappa shape index (κ1) is 25.1. The fraction of sp³-hybridized carbons (Fsp3) is 0.500. The number of amides is 1. The minimum atomic E-state index is -3.81. The maximum atomic E-state index is 13.4. The average molecular weight is 473 g/mol. The Bertz CT molecular complexity index is 1160. The summed E-state index contributed by atoms with van der Waals surface area (Å²) in [6.45, 7) is 16.3. The van der Waals surface area contributed by atoms with Crippen LogP contribution in [-0.4, -0.2) is 27.5 Å². The molecule has 1 N–H and O–H groups in total. The molecule has 0 radical (unpaired) electrons. The summed E-state index contributed by atoms with van der Waals surface area (Å²) in [6.07, 6.45) is 0.862. The van der Waals surface area contributed by atoms with E-state index in [0.717, 1.165) is 28.7 Å². The van der Waals surface area contributed by atoms with Crippen molar-refractivity contribution < 1.29 is 17.9 Å². The van der Waals surface area contributed by atoms with Gasteiger partial charge in [0.15, 0.2) is 0 Å². The van der Waals surface area contributed by atoms with Crippen LogP contribution in [-0.2, 0) is 14.8 Å². The Hall–Kier alpha value is -2.54. The van der Waals surface area contributed by atoms with E-state index in [-0.39, 0.29) is 12.5 Å². The van der Waals surface area contributed by atoms with E-state index in [9.17, 15) is 13.2 Å². The number of anilines is 2. The van der Waals surface area contributed by atoms with Crippen molar-refractivity contribution in [1.29, 1.82) is 0 Å². The number of hydrogen-bond acceptors (Lipinski definition) is 4. The number of hydrogen-bond donors (Lipinski definition) is 1. The number of benzene rings is 2. The van der Waals surface area contributed by atoms with Crippen molar-refractivity contribution in [3.05, 3.63) is 46.5 Å². The van der Waals surface area contributed by atoms with Crippen molar-refractivity contribution in [3.8, 4) is 5.75 Å². The van der Waals surface area contributed by atoms with Gasteiger partial charge in [0.2, 0.25) is 5.91 Å². The molecule has 0 spiro atoms. The highest BCUT2D eigenvalue weighted by Crippen LogP contribution is 2.39. The Morgan fingerprint density at radius 1 is 1.06 bits per heavy atom. The summed E-state index contributed by atoms with van der Waals surface area (Å²) in [5.74, 6) is 0.965. The molecular weight excluding hydrogens is 436 g/mol. The third-order valence-electron chi connectivity index (χ3n) is 6.41. The largest absolute Gasteiger partial charge is 0.490 e. The maximum absolute atomic E-state index is 13.4. The molecule has 1 aliphatic rings. The number of carbonyl (C=O) groups is 1. The molecule has 0 fully saturated rings. The molecule has 0 aliphatic carbocycles. The number of nitrogens with zero attached hydrogens (tertiary/aromatic N) is 1. The third kappa shape index (κ3) is 5.03. The van der Waals surface area contributed by atoms with Gasteiger partial charge in [-0.3, -0.25) is 9.52 Å². The second-order valence-corrected chi connectivity index (χ2v) is 11.8. The van der Waals surface area contributed by atoms with E-state index in [2.05, 4.69) is 18.6 Å². The number of carbonyl (C=O) groups excluding carboxylic acids is 1. The molecule has 0 saturated carbocycles. The van der Waals surface area contributed by atoms with E-state index >= 15 is 0 Å². The number of nitrogens with one attached hydrogen (secondary N) is 1. The SMILES string of the molecule is Cc1cc(C)c(C)c(S(=O)(=O)Nc2ccc3c(c2)OCC(C)(C)C(=O)N3CCC(C)C)c1C. The second kappa shape index (κ2) is 9.01. The van der Waals surface area contributed by atoms with Crippen LogP contribution in [0.4, 0.5) is 11.4 Å². The third-order valence-corrected chi connectivity index (χ3v) is 8.07. The van der Waals surface area contributed by atoms with Crippen molar-refractivity contribution in [2.45, 2.75) is 66.7 Å². The summed E-state index contributed by atoms with van der Waals surface area (Å²) in [5.41, 5.74) is 3.75. The number of sulfonamides is 1. The van der Waals surface area contributed by atoms with Crippen LogP contribution in [0.5, 0.6) is 5.75 Å². The van der Waals surface area contributed by atoms with Crippen molar-refractivity contribution in [2.24, 2.45) is 11.3 Å². The van der Waals surface area contributed by atoms with E-state index in [1.54, 1.807) is 23.1 Å². The first-order valence-corrected chi connectivity index (χ1v) is 12.9. The molecule has 33 heavy (non-hydrogen) atoms. The smallest absolute Gasteiger partial charge is 0.262 e. The normalized spacial score (nSPS) is 15.8. The molecule has 2 aromatic carbocycles. The van der Waals surface area contributed by atoms with Gasteiger partial charge in [0, 0.05) is 12.6 Å². The molecule has 1 aliphatic heterocycles. The number of ether oxygens (including phenoxy) is 1. The number of rotatable bonds is 6. The van der Waals surface area contributed by atoms with Gasteiger partial charge >= 0.3 is 0 Å². The Morgan fingerprint density at radius 2 is 1.67 bits per heavy atom. The van der Waals surface area contributed by atoms with Gasteiger partial charge in [0.1, 0.15) is 12.4 Å². The van der Waals surface area contributed by atoms with Crippen LogP contribution in [0.3, 0.4) is 0 Å². The number of aryl methyl sites for hydroxylation is 2. The minimum Gasteiger partial charge on any atom is -0.490 e. The van der Waals surface area contributed by atoms with Crippen molar-refractivity contribution >= 4 is 27.3 Å². The molecule has 1 amide bonds. The van der Waals surface area contributed by atoms with Gasteiger partial charge < -0.3 is 9.64 Å². The average Bonchev–Trinajstić information content (AvgIpc) is 2.79. The van der Waals surface area contributed by atoms with Gasteiger partial charge in [-0.15, -0.1) is 0 Å². The Morgan fingerprint density at radius 3 is 2.24 bits per heavy atom. The van der Waals surface area contributed by atoms with E-state index in [1.807, 2.05) is 47.6 Å². The lowest BCUT2D eigenvalue weighted by atomic mass is 9.92. The monoisotopic (exact) mass is 472 g/mol. The summed E-state index contributed by atoms with van der Waals surface area (Å²) in [6, 6.07) is 7.15. The van der Waals surface area contributed by atoms with Crippen molar-refractivity contribution in [2.75, 3.05) is 22.8 Å². The highest BCUT2D eigenvalue weighted by atomic mass is 32.2. The lowest BCUT2D eigenvalue weighted by Gasteiger charge is -2.28. The highest BCUT2D eigenvalue weighted by Gasteiger charge is 2.38. The topological polar surface area (TPSA) is 75.7 Å². The molecule has 180 valence electrons. The van der Waals surface area contributed by atoms with Crippen LogP contribution in [0.1, 0.15) is 56.4 Å². The Kier molecular flexibility index (Phi) is 6.85. The number of fused-ring (bicyclic) bond motifs is 1. The van der Waals surface area contributed by atoms with Crippen LogP contribution >= 0.6 is 0 Å². The summed E-state index contributed by atoms with van der Waals surface area (Å²) in [5, 5.41) is 0. The summed E-state index contributed by atoms with van der Waals surface area (Å²) in [4.78, 5) is 15.3. The molecule has 0 unspecified atom stereocenters. The van der Waals surface area contributed by atoms with Gasteiger partial charge in [0.05, 0.1) is 21.7 Å². The molecule has 1 heterocycles. The Balaban J connectivity index is 2.01. The lowest BCUT2D eigenvalue weighted by molar-refractivity contribution is -0.127. The first-order valence-electron chi connectivity index (χ1n) is 11.4. The van der Waals surface area contributed by atoms with Gasteiger partial charge in [-0.1, -0.05) is 19.9 Å². The molecule has 0 aromatic heterocycles. The van der Waals surface area contributed by atoms with E-state index in [1.165, 1.54) is 0 Å². The van der Waals surface area contributed by atoms with Crippen LogP contribution in [0.15, 0.2) is 29.2 Å². The summed E-state index contributed by atoms with van der Waals surface area (Å²) < 4.78 is 35.5. The standard InChI is InChI=1S/C26H36N2O4S/c1-16(2)11-12-28-22-10-9-21(14-23(22)32-15-26(7,8)25(28)29)27-33(30,31)24-19(5)17(3)13-18(4)20(24)6/h9-10,13-14,16,27H,11-12,15H2,1-8H3. The summed E-state index contributed by atoms with van der Waals surface area (Å²) >= 11 is 0. The zero-order valence-electron chi connectivity index (χ0n) is 21.0. The van der Waals surface area contributed by atoms with Gasteiger partial charge in [-0.25, -0.2) is 8.42 Å². The molecular formula is C26H36N2O4S. The van der Waals surface area contributed by atoms with Crippen LogP contribution in [0.25, 0.3) is 0 Å². The quantitative estimate of drug-likeness (QED) is 0.601. The van der Waals surface area contributed by atoms with Gasteiger partial charge in [-0.2, -0.15) is 0 Å². The summed E-state index contributed by atoms with van der Waals surface area (Å²) in [7, 11) is -3.81. The zero-order chi connectivity index (χ0) is 24.7. The second-order valence-electron chi connectivity index (χ2n) is 10.2.